The number of nitrogens with zero attached hydrogens (tertiary/aromatic N) is 4. The Hall–Kier alpha value is -2.05. The van der Waals surface area contributed by atoms with Crippen molar-refractivity contribution >= 4 is 12.0 Å². The van der Waals surface area contributed by atoms with Crippen molar-refractivity contribution in [3.63, 3.8) is 0 Å². The zero-order chi connectivity index (χ0) is 15.3. The molecular formula is C13H22N4O3. The van der Waals surface area contributed by atoms with Gasteiger partial charge in [0, 0.05) is 39.6 Å². The first kappa shape index (κ1) is 16.0. The molecule has 1 atom stereocenters. The van der Waals surface area contributed by atoms with Crippen LogP contribution in [0.4, 0.5) is 4.79 Å². The third-order valence-corrected chi connectivity index (χ3v) is 3.19. The van der Waals surface area contributed by atoms with Crippen molar-refractivity contribution in [3.05, 3.63) is 18.2 Å². The lowest BCUT2D eigenvalue weighted by Gasteiger charge is -2.28. The molecule has 0 saturated carbocycles. The van der Waals surface area contributed by atoms with Crippen LogP contribution in [0.5, 0.6) is 0 Å². The number of amides is 2. The van der Waals surface area contributed by atoms with E-state index in [-0.39, 0.29) is 12.6 Å². The Labute approximate surface area is 118 Å². The summed E-state index contributed by atoms with van der Waals surface area (Å²) < 4.78 is 1.85. The SMILES string of the molecule is CCN(CC(C)C(=O)O)C(=O)N(C)Cc1nccn1C. The molecule has 0 aliphatic rings. The number of carbonyl (C=O) groups excluding carboxylic acids is 1. The average Bonchev–Trinajstić information content (AvgIpc) is 2.80. The number of hydrogen-bond donors (Lipinski definition) is 1. The molecule has 7 heteroatoms. The monoisotopic (exact) mass is 282 g/mol. The number of aromatic nitrogens is 2. The Morgan fingerprint density at radius 1 is 1.50 bits per heavy atom. The maximum atomic E-state index is 12.3. The Morgan fingerprint density at radius 2 is 2.15 bits per heavy atom. The van der Waals surface area contributed by atoms with Crippen molar-refractivity contribution in [1.29, 1.82) is 0 Å². The number of aliphatic carboxylic acids is 1. The predicted octanol–water partition coefficient (Wildman–Crippen LogP) is 1.01. The van der Waals surface area contributed by atoms with E-state index in [4.69, 9.17) is 5.11 Å². The first-order chi connectivity index (χ1) is 9.36. The number of hydrogen-bond acceptors (Lipinski definition) is 3. The summed E-state index contributed by atoms with van der Waals surface area (Å²) in [7, 11) is 3.55. The van der Waals surface area contributed by atoms with Gasteiger partial charge in [0.1, 0.15) is 5.82 Å². The number of carboxylic acid groups (broad SMARTS) is 1. The van der Waals surface area contributed by atoms with Crippen molar-refractivity contribution in [3.8, 4) is 0 Å². The third-order valence-electron chi connectivity index (χ3n) is 3.19. The summed E-state index contributed by atoms with van der Waals surface area (Å²) in [6.45, 7) is 4.50. The molecule has 1 N–H and O–H groups in total. The second-order valence-electron chi connectivity index (χ2n) is 4.87. The van der Waals surface area contributed by atoms with E-state index in [1.165, 1.54) is 4.90 Å². The summed E-state index contributed by atoms with van der Waals surface area (Å²) in [6, 6.07) is -0.191. The minimum absolute atomic E-state index is 0.191. The lowest BCUT2D eigenvalue weighted by Crippen LogP contribution is -2.44. The predicted molar refractivity (Wildman–Crippen MR) is 74.1 cm³/mol. The highest BCUT2D eigenvalue weighted by atomic mass is 16.4. The van der Waals surface area contributed by atoms with E-state index in [9.17, 15) is 9.59 Å². The molecule has 1 rings (SSSR count). The van der Waals surface area contributed by atoms with E-state index >= 15 is 0 Å². The van der Waals surface area contributed by atoms with Crippen molar-refractivity contribution in [2.24, 2.45) is 13.0 Å². The van der Waals surface area contributed by atoms with Gasteiger partial charge in [-0.15, -0.1) is 0 Å². The summed E-state index contributed by atoms with van der Waals surface area (Å²) in [5.41, 5.74) is 0. The largest absolute Gasteiger partial charge is 0.481 e. The standard InChI is InChI=1S/C13H22N4O3/c1-5-17(8-10(2)12(18)19)13(20)16(4)9-11-14-6-7-15(11)3/h6-7,10H,5,8-9H2,1-4H3,(H,18,19). The summed E-state index contributed by atoms with van der Waals surface area (Å²) >= 11 is 0. The van der Waals surface area contributed by atoms with Crippen molar-refractivity contribution in [2.45, 2.75) is 20.4 Å². The zero-order valence-electron chi connectivity index (χ0n) is 12.4. The topological polar surface area (TPSA) is 78.7 Å². The van der Waals surface area contributed by atoms with Gasteiger partial charge in [-0.05, 0) is 6.92 Å². The van der Waals surface area contributed by atoms with Gasteiger partial charge in [-0.2, -0.15) is 0 Å². The second kappa shape index (κ2) is 6.93. The van der Waals surface area contributed by atoms with E-state index in [1.807, 2.05) is 24.7 Å². The van der Waals surface area contributed by atoms with Crippen LogP contribution in [0.1, 0.15) is 19.7 Å². The van der Waals surface area contributed by atoms with Crippen molar-refractivity contribution < 1.29 is 14.7 Å². The van der Waals surface area contributed by atoms with Crippen LogP contribution in [0.2, 0.25) is 0 Å². The molecule has 0 fully saturated rings. The van der Waals surface area contributed by atoms with Crippen LogP contribution in [0.3, 0.4) is 0 Å². The number of imidazole rings is 1. The lowest BCUT2D eigenvalue weighted by atomic mass is 10.2. The highest BCUT2D eigenvalue weighted by Gasteiger charge is 2.22. The Kier molecular flexibility index (Phi) is 5.54. The molecule has 0 saturated heterocycles. The molecule has 1 heterocycles. The van der Waals surface area contributed by atoms with Crippen LogP contribution < -0.4 is 0 Å². The van der Waals surface area contributed by atoms with Crippen molar-refractivity contribution in [2.75, 3.05) is 20.1 Å². The van der Waals surface area contributed by atoms with Gasteiger partial charge < -0.3 is 19.5 Å². The summed E-state index contributed by atoms with van der Waals surface area (Å²) in [4.78, 5) is 30.4. The van der Waals surface area contributed by atoms with Gasteiger partial charge in [0.05, 0.1) is 12.5 Å². The highest BCUT2D eigenvalue weighted by molar-refractivity contribution is 5.75. The summed E-state index contributed by atoms with van der Waals surface area (Å²) in [5.74, 6) is -0.702. The molecule has 112 valence electrons. The molecule has 2 amide bonds. The molecule has 20 heavy (non-hydrogen) atoms. The van der Waals surface area contributed by atoms with Gasteiger partial charge in [-0.3, -0.25) is 4.79 Å². The van der Waals surface area contributed by atoms with Crippen LogP contribution in [0, 0.1) is 5.92 Å². The summed E-state index contributed by atoms with van der Waals surface area (Å²) in [5, 5.41) is 8.93. The van der Waals surface area contributed by atoms with E-state index in [1.54, 1.807) is 25.1 Å². The van der Waals surface area contributed by atoms with Gasteiger partial charge in [-0.1, -0.05) is 6.92 Å². The van der Waals surface area contributed by atoms with Gasteiger partial charge in [-0.25, -0.2) is 9.78 Å². The number of carbonyl (C=O) groups is 2. The van der Waals surface area contributed by atoms with Crippen LogP contribution in [-0.4, -0.2) is 56.6 Å². The number of urea groups is 1. The Morgan fingerprint density at radius 3 is 2.60 bits per heavy atom. The molecule has 1 unspecified atom stereocenters. The molecule has 0 spiro atoms. The van der Waals surface area contributed by atoms with E-state index in [2.05, 4.69) is 4.98 Å². The molecule has 0 aliphatic carbocycles. The quantitative estimate of drug-likeness (QED) is 0.844. The minimum Gasteiger partial charge on any atom is -0.481 e. The fourth-order valence-corrected chi connectivity index (χ4v) is 1.82. The van der Waals surface area contributed by atoms with Crippen LogP contribution in [0.25, 0.3) is 0 Å². The molecular weight excluding hydrogens is 260 g/mol. The van der Waals surface area contributed by atoms with Gasteiger partial charge in [0.25, 0.3) is 0 Å². The smallest absolute Gasteiger partial charge is 0.320 e. The second-order valence-corrected chi connectivity index (χ2v) is 4.87. The molecule has 0 bridgehead atoms. The van der Waals surface area contributed by atoms with E-state index in [0.717, 1.165) is 5.82 Å². The Balaban J connectivity index is 2.66. The van der Waals surface area contributed by atoms with Crippen LogP contribution >= 0.6 is 0 Å². The summed E-state index contributed by atoms with van der Waals surface area (Å²) in [6.07, 6.45) is 3.50. The fraction of sp³-hybridized carbons (Fsp3) is 0.615. The minimum atomic E-state index is -0.900. The van der Waals surface area contributed by atoms with E-state index in [0.29, 0.717) is 13.1 Å². The molecule has 0 aliphatic heterocycles. The lowest BCUT2D eigenvalue weighted by molar-refractivity contribution is -0.141. The normalized spacial score (nSPS) is 12.0. The van der Waals surface area contributed by atoms with Crippen LogP contribution in [-0.2, 0) is 18.4 Å². The molecule has 0 aromatic carbocycles. The first-order valence-electron chi connectivity index (χ1n) is 6.55. The zero-order valence-corrected chi connectivity index (χ0v) is 12.4. The third kappa shape index (κ3) is 3.97. The van der Waals surface area contributed by atoms with E-state index < -0.39 is 11.9 Å². The maximum absolute atomic E-state index is 12.3. The van der Waals surface area contributed by atoms with Gasteiger partial charge in [0.2, 0.25) is 0 Å². The van der Waals surface area contributed by atoms with Gasteiger partial charge in [0.15, 0.2) is 0 Å². The highest BCUT2D eigenvalue weighted by Crippen LogP contribution is 2.07. The fourth-order valence-electron chi connectivity index (χ4n) is 1.82. The molecule has 0 radical (unpaired) electrons. The number of carboxylic acids is 1. The van der Waals surface area contributed by atoms with Crippen LogP contribution in [0.15, 0.2) is 12.4 Å². The number of aryl methyl sites for hydroxylation is 1. The number of rotatable bonds is 6. The Bertz CT molecular complexity index is 472. The maximum Gasteiger partial charge on any atom is 0.320 e. The molecule has 1 aromatic heterocycles. The molecule has 7 nitrogen and oxygen atoms in total. The first-order valence-corrected chi connectivity index (χ1v) is 6.55. The van der Waals surface area contributed by atoms with Gasteiger partial charge >= 0.3 is 12.0 Å². The van der Waals surface area contributed by atoms with Crippen molar-refractivity contribution in [1.82, 2.24) is 19.4 Å². The molecule has 1 aromatic rings. The average molecular weight is 282 g/mol.